The normalized spacial score (nSPS) is 24.3. The molecule has 1 aliphatic carbocycles. The van der Waals surface area contributed by atoms with Crippen LogP contribution >= 0.6 is 0 Å². The Balaban J connectivity index is 1.57. The molecule has 2 aliphatic rings. The summed E-state index contributed by atoms with van der Waals surface area (Å²) in [7, 11) is 0. The van der Waals surface area contributed by atoms with E-state index in [1.807, 2.05) is 4.90 Å². The van der Waals surface area contributed by atoms with E-state index in [9.17, 15) is 9.59 Å². The second-order valence-corrected chi connectivity index (χ2v) is 7.03. The molecule has 5 heteroatoms. The van der Waals surface area contributed by atoms with Gasteiger partial charge in [0.2, 0.25) is 5.91 Å². The highest BCUT2D eigenvalue weighted by molar-refractivity contribution is 5.79. The van der Waals surface area contributed by atoms with Crippen LogP contribution in [0.1, 0.15) is 63.1 Å². The summed E-state index contributed by atoms with van der Waals surface area (Å²) in [6, 6.07) is 0. The summed E-state index contributed by atoms with van der Waals surface area (Å²) < 4.78 is 0. The van der Waals surface area contributed by atoms with Gasteiger partial charge in [-0.1, -0.05) is 26.2 Å². The van der Waals surface area contributed by atoms with Gasteiger partial charge in [-0.25, -0.2) is 4.98 Å². The number of carbonyl (C=O) groups is 1. The van der Waals surface area contributed by atoms with Crippen LogP contribution in [0.5, 0.6) is 0 Å². The first-order valence-corrected chi connectivity index (χ1v) is 9.03. The van der Waals surface area contributed by atoms with Crippen molar-refractivity contribution in [3.8, 4) is 0 Å². The maximum atomic E-state index is 12.8. The molecule has 1 N–H and O–H groups in total. The summed E-state index contributed by atoms with van der Waals surface area (Å²) >= 11 is 0. The number of H-pyrrole nitrogens is 1. The summed E-state index contributed by atoms with van der Waals surface area (Å²) in [4.78, 5) is 33.3. The van der Waals surface area contributed by atoms with Crippen molar-refractivity contribution in [2.24, 2.45) is 11.8 Å². The second-order valence-electron chi connectivity index (χ2n) is 7.03. The van der Waals surface area contributed by atoms with Gasteiger partial charge in [-0.05, 0) is 38.0 Å². The minimum atomic E-state index is -0.0569. The Kier molecular flexibility index (Phi) is 5.13. The molecule has 0 bridgehead atoms. The van der Waals surface area contributed by atoms with Crippen molar-refractivity contribution in [3.63, 3.8) is 0 Å². The van der Waals surface area contributed by atoms with Gasteiger partial charge in [0, 0.05) is 18.0 Å². The highest BCUT2D eigenvalue weighted by Gasteiger charge is 2.31. The Hall–Kier alpha value is -1.65. The molecule has 0 atom stereocenters. The summed E-state index contributed by atoms with van der Waals surface area (Å²) in [6.45, 7) is 3.38. The lowest BCUT2D eigenvalue weighted by molar-refractivity contribution is -0.137. The fourth-order valence-corrected chi connectivity index (χ4v) is 4.00. The fourth-order valence-electron chi connectivity index (χ4n) is 4.00. The third-order valence-electron chi connectivity index (χ3n) is 5.48. The third-order valence-corrected chi connectivity index (χ3v) is 5.48. The summed E-state index contributed by atoms with van der Waals surface area (Å²) in [6.07, 6.45) is 10.4. The van der Waals surface area contributed by atoms with Gasteiger partial charge in [-0.3, -0.25) is 9.59 Å². The number of carbonyl (C=O) groups excluding carboxylic acids is 1. The van der Waals surface area contributed by atoms with Crippen LogP contribution in [0.25, 0.3) is 0 Å². The first kappa shape index (κ1) is 16.2. The first-order chi connectivity index (χ1) is 11.2. The second kappa shape index (κ2) is 7.28. The zero-order chi connectivity index (χ0) is 16.2. The highest BCUT2D eigenvalue weighted by atomic mass is 16.2. The number of aromatic amines is 1. The molecule has 0 saturated heterocycles. The van der Waals surface area contributed by atoms with E-state index >= 15 is 0 Å². The van der Waals surface area contributed by atoms with Crippen LogP contribution in [-0.4, -0.2) is 27.3 Å². The molecule has 2 heterocycles. The van der Waals surface area contributed by atoms with Gasteiger partial charge in [0.05, 0.1) is 18.6 Å². The standard InChI is InChI=1S/C18H27N3O2/c1-2-3-4-13-5-7-14(8-6-13)18(23)21-10-9-15-16(11-21)19-12-20-17(15)22/h12-14H,2-11H2,1H3,(H,19,20,22). The number of nitrogens with one attached hydrogen (secondary N) is 1. The van der Waals surface area contributed by atoms with Crippen molar-refractivity contribution in [3.05, 3.63) is 27.9 Å². The van der Waals surface area contributed by atoms with Crippen molar-refractivity contribution in [1.82, 2.24) is 14.9 Å². The number of hydrogen-bond acceptors (Lipinski definition) is 3. The van der Waals surface area contributed by atoms with Crippen LogP contribution in [0.3, 0.4) is 0 Å². The van der Waals surface area contributed by atoms with Crippen LogP contribution in [0.4, 0.5) is 0 Å². The van der Waals surface area contributed by atoms with Gasteiger partial charge < -0.3 is 9.88 Å². The number of amides is 1. The van der Waals surface area contributed by atoms with Crippen molar-refractivity contribution >= 4 is 5.91 Å². The SMILES string of the molecule is CCCCC1CCC(C(=O)N2CCc3c(nc[nH]c3=O)C2)CC1. The van der Waals surface area contributed by atoms with Crippen molar-refractivity contribution < 1.29 is 4.79 Å². The quantitative estimate of drug-likeness (QED) is 0.928. The topological polar surface area (TPSA) is 66.1 Å². The summed E-state index contributed by atoms with van der Waals surface area (Å²) in [5.74, 6) is 1.27. The van der Waals surface area contributed by atoms with E-state index in [-0.39, 0.29) is 17.4 Å². The molecule has 23 heavy (non-hydrogen) atoms. The van der Waals surface area contributed by atoms with Gasteiger partial charge >= 0.3 is 0 Å². The average molecular weight is 317 g/mol. The van der Waals surface area contributed by atoms with Gasteiger partial charge in [0.15, 0.2) is 0 Å². The third kappa shape index (κ3) is 3.65. The van der Waals surface area contributed by atoms with Crippen LogP contribution in [0.2, 0.25) is 0 Å². The van der Waals surface area contributed by atoms with Gasteiger partial charge in [0.1, 0.15) is 0 Å². The molecule has 5 nitrogen and oxygen atoms in total. The van der Waals surface area contributed by atoms with Gasteiger partial charge in [-0.15, -0.1) is 0 Å². The molecule has 1 aromatic heterocycles. The molecule has 3 rings (SSSR count). The largest absolute Gasteiger partial charge is 0.336 e. The zero-order valence-corrected chi connectivity index (χ0v) is 14.0. The lowest BCUT2D eigenvalue weighted by Crippen LogP contribution is -2.42. The molecule has 1 fully saturated rings. The average Bonchev–Trinajstić information content (AvgIpc) is 2.60. The molecule has 0 aromatic carbocycles. The van der Waals surface area contributed by atoms with E-state index < -0.39 is 0 Å². The van der Waals surface area contributed by atoms with E-state index in [1.165, 1.54) is 38.4 Å². The van der Waals surface area contributed by atoms with Crippen LogP contribution in [-0.2, 0) is 17.8 Å². The fraction of sp³-hybridized carbons (Fsp3) is 0.722. The monoisotopic (exact) mass is 317 g/mol. The van der Waals surface area contributed by atoms with Crippen LogP contribution in [0.15, 0.2) is 11.1 Å². The summed E-state index contributed by atoms with van der Waals surface area (Å²) in [5.41, 5.74) is 1.46. The minimum absolute atomic E-state index is 0.0569. The number of hydrogen-bond donors (Lipinski definition) is 1. The number of fused-ring (bicyclic) bond motifs is 1. The molecule has 1 aromatic rings. The van der Waals surface area contributed by atoms with Gasteiger partial charge in [-0.2, -0.15) is 0 Å². The Morgan fingerprint density at radius 2 is 2.13 bits per heavy atom. The number of aromatic nitrogens is 2. The molecule has 1 amide bonds. The van der Waals surface area contributed by atoms with E-state index in [1.54, 1.807) is 0 Å². The summed E-state index contributed by atoms with van der Waals surface area (Å²) in [5, 5.41) is 0. The van der Waals surface area contributed by atoms with E-state index in [0.717, 1.165) is 30.0 Å². The highest BCUT2D eigenvalue weighted by Crippen LogP contribution is 2.33. The molecule has 126 valence electrons. The molecule has 1 saturated carbocycles. The number of rotatable bonds is 4. The number of nitrogens with zero attached hydrogens (tertiary/aromatic N) is 2. The molecule has 0 radical (unpaired) electrons. The Morgan fingerprint density at radius 1 is 1.35 bits per heavy atom. The molecule has 1 aliphatic heterocycles. The Morgan fingerprint density at radius 3 is 2.87 bits per heavy atom. The predicted octanol–water partition coefficient (Wildman–Crippen LogP) is 2.65. The molecular weight excluding hydrogens is 290 g/mol. The van der Waals surface area contributed by atoms with E-state index in [2.05, 4.69) is 16.9 Å². The smallest absolute Gasteiger partial charge is 0.254 e. The van der Waals surface area contributed by atoms with E-state index in [4.69, 9.17) is 0 Å². The van der Waals surface area contributed by atoms with E-state index in [0.29, 0.717) is 19.5 Å². The Labute approximate surface area is 137 Å². The molecule has 0 spiro atoms. The van der Waals surface area contributed by atoms with Crippen LogP contribution in [0, 0.1) is 11.8 Å². The van der Waals surface area contributed by atoms with Crippen LogP contribution < -0.4 is 5.56 Å². The first-order valence-electron chi connectivity index (χ1n) is 9.03. The van der Waals surface area contributed by atoms with Crippen molar-refractivity contribution in [2.75, 3.05) is 6.54 Å². The minimum Gasteiger partial charge on any atom is -0.336 e. The lowest BCUT2D eigenvalue weighted by Gasteiger charge is -2.34. The van der Waals surface area contributed by atoms with Crippen molar-refractivity contribution in [1.29, 1.82) is 0 Å². The van der Waals surface area contributed by atoms with Gasteiger partial charge in [0.25, 0.3) is 5.56 Å². The maximum absolute atomic E-state index is 12.8. The maximum Gasteiger partial charge on any atom is 0.254 e. The predicted molar refractivity (Wildman–Crippen MR) is 89.0 cm³/mol. The molecule has 0 unspecified atom stereocenters. The number of unbranched alkanes of at least 4 members (excludes halogenated alkanes) is 1. The lowest BCUT2D eigenvalue weighted by atomic mass is 9.79. The molecular formula is C18H27N3O2. The Bertz CT molecular complexity index is 603. The zero-order valence-electron chi connectivity index (χ0n) is 14.0. The van der Waals surface area contributed by atoms with Crippen molar-refractivity contribution in [2.45, 2.75) is 64.8 Å².